The molecule has 7 nitrogen and oxygen atoms in total. The van der Waals surface area contributed by atoms with Crippen LogP contribution in [0.5, 0.6) is 5.75 Å². The summed E-state index contributed by atoms with van der Waals surface area (Å²) < 4.78 is 12.0. The number of anilines is 1. The molecule has 0 fully saturated rings. The molecule has 2 aromatic carbocycles. The second-order valence-corrected chi connectivity index (χ2v) is 9.12. The standard InChI is InChI=1S/C27H37N3O4/c1-6-14-30-16-19(2)25(33-5)17-29(4)27(32)23-15-22(12-13-24(23)34-18-20(30)3)28-26(31)21-10-8-7-9-11-21/h7-13,15,19-20,25H,6,14,16-18H2,1-5H3,(H,28,31)/t19-,20+,25+/m0/s1. The highest BCUT2D eigenvalue weighted by molar-refractivity contribution is 6.05. The van der Waals surface area contributed by atoms with Gasteiger partial charge in [0.25, 0.3) is 11.8 Å². The van der Waals surface area contributed by atoms with Crippen molar-refractivity contribution < 1.29 is 19.1 Å². The summed E-state index contributed by atoms with van der Waals surface area (Å²) in [6.45, 7) is 9.26. The predicted molar refractivity (Wildman–Crippen MR) is 135 cm³/mol. The van der Waals surface area contributed by atoms with Gasteiger partial charge in [0, 0.05) is 44.5 Å². The third-order valence-corrected chi connectivity index (χ3v) is 6.38. The van der Waals surface area contributed by atoms with E-state index in [1.54, 1.807) is 49.4 Å². The van der Waals surface area contributed by atoms with Crippen molar-refractivity contribution in [2.75, 3.05) is 45.7 Å². The first-order valence-electron chi connectivity index (χ1n) is 12.0. The van der Waals surface area contributed by atoms with Crippen LogP contribution < -0.4 is 10.1 Å². The van der Waals surface area contributed by atoms with Crippen LogP contribution in [-0.2, 0) is 4.74 Å². The minimum absolute atomic E-state index is 0.0923. The lowest BCUT2D eigenvalue weighted by Gasteiger charge is -2.35. The average Bonchev–Trinajstić information content (AvgIpc) is 2.85. The molecule has 1 aliphatic heterocycles. The summed E-state index contributed by atoms with van der Waals surface area (Å²) in [5, 5.41) is 2.89. The van der Waals surface area contributed by atoms with Gasteiger partial charge in [-0.1, -0.05) is 32.0 Å². The highest BCUT2D eigenvalue weighted by Gasteiger charge is 2.28. The van der Waals surface area contributed by atoms with E-state index in [4.69, 9.17) is 9.47 Å². The Kier molecular flexibility index (Phi) is 9.07. The van der Waals surface area contributed by atoms with Crippen molar-refractivity contribution in [1.29, 1.82) is 0 Å². The van der Waals surface area contributed by atoms with Gasteiger partial charge in [-0.15, -0.1) is 0 Å². The summed E-state index contributed by atoms with van der Waals surface area (Å²) in [6, 6.07) is 14.4. The van der Waals surface area contributed by atoms with E-state index >= 15 is 0 Å². The van der Waals surface area contributed by atoms with Crippen molar-refractivity contribution in [3.63, 3.8) is 0 Å². The van der Waals surface area contributed by atoms with Crippen LogP contribution in [0.15, 0.2) is 48.5 Å². The zero-order chi connectivity index (χ0) is 24.7. The fourth-order valence-electron chi connectivity index (χ4n) is 4.32. The highest BCUT2D eigenvalue weighted by Crippen LogP contribution is 2.27. The number of methoxy groups -OCH3 is 1. The molecular weight excluding hydrogens is 430 g/mol. The summed E-state index contributed by atoms with van der Waals surface area (Å²) in [4.78, 5) is 30.2. The lowest BCUT2D eigenvalue weighted by Crippen LogP contribution is -2.46. The van der Waals surface area contributed by atoms with Crippen molar-refractivity contribution >= 4 is 17.5 Å². The van der Waals surface area contributed by atoms with Crippen LogP contribution in [0.25, 0.3) is 0 Å². The van der Waals surface area contributed by atoms with Crippen LogP contribution >= 0.6 is 0 Å². The number of benzene rings is 2. The Hall–Kier alpha value is -2.90. The van der Waals surface area contributed by atoms with Gasteiger partial charge in [0.2, 0.25) is 0 Å². The molecule has 1 aliphatic rings. The summed E-state index contributed by atoms with van der Waals surface area (Å²) in [5.74, 6) is 0.358. The topological polar surface area (TPSA) is 71.1 Å². The number of ether oxygens (including phenoxy) is 2. The molecule has 1 heterocycles. The second-order valence-electron chi connectivity index (χ2n) is 9.12. The monoisotopic (exact) mass is 467 g/mol. The van der Waals surface area contributed by atoms with Crippen LogP contribution in [0.3, 0.4) is 0 Å². The SMILES string of the molecule is CCCN1C[C@H](C)[C@H](OC)CN(C)C(=O)c2cc(NC(=O)c3ccccc3)ccc2OC[C@H]1C. The van der Waals surface area contributed by atoms with Crippen LogP contribution in [0, 0.1) is 5.92 Å². The number of likely N-dealkylation sites (N-methyl/N-ethyl adjacent to an activating group) is 1. The van der Waals surface area contributed by atoms with Crippen LogP contribution in [0.1, 0.15) is 47.9 Å². The van der Waals surface area contributed by atoms with E-state index in [9.17, 15) is 9.59 Å². The van der Waals surface area contributed by atoms with Gasteiger partial charge in [-0.3, -0.25) is 14.5 Å². The van der Waals surface area contributed by atoms with Crippen molar-refractivity contribution in [1.82, 2.24) is 9.80 Å². The number of fused-ring (bicyclic) bond motifs is 1. The number of hydrogen-bond acceptors (Lipinski definition) is 5. The van der Waals surface area contributed by atoms with Gasteiger partial charge in [-0.25, -0.2) is 0 Å². The maximum absolute atomic E-state index is 13.4. The predicted octanol–water partition coefficient (Wildman–Crippen LogP) is 4.15. The molecule has 3 rings (SSSR count). The van der Waals surface area contributed by atoms with Crippen LogP contribution in [-0.4, -0.2) is 74.2 Å². The van der Waals surface area contributed by atoms with Gasteiger partial charge in [-0.05, 0) is 56.1 Å². The van der Waals surface area contributed by atoms with E-state index in [1.165, 1.54) is 0 Å². The highest BCUT2D eigenvalue weighted by atomic mass is 16.5. The molecule has 184 valence electrons. The quantitative estimate of drug-likeness (QED) is 0.715. The Morgan fingerprint density at radius 2 is 1.88 bits per heavy atom. The van der Waals surface area contributed by atoms with Gasteiger partial charge < -0.3 is 19.7 Å². The van der Waals surface area contributed by atoms with E-state index < -0.39 is 0 Å². The molecule has 7 heteroatoms. The van der Waals surface area contributed by atoms with E-state index in [-0.39, 0.29) is 29.9 Å². The zero-order valence-electron chi connectivity index (χ0n) is 20.9. The summed E-state index contributed by atoms with van der Waals surface area (Å²) >= 11 is 0. The summed E-state index contributed by atoms with van der Waals surface area (Å²) in [7, 11) is 3.48. The Balaban J connectivity index is 1.91. The molecule has 0 saturated carbocycles. The molecule has 0 aliphatic carbocycles. The number of nitrogens with zero attached hydrogens (tertiary/aromatic N) is 2. The van der Waals surface area contributed by atoms with E-state index in [2.05, 4.69) is 31.0 Å². The van der Waals surface area contributed by atoms with Gasteiger partial charge in [-0.2, -0.15) is 0 Å². The fourth-order valence-corrected chi connectivity index (χ4v) is 4.32. The lowest BCUT2D eigenvalue weighted by atomic mass is 10.0. The van der Waals surface area contributed by atoms with Gasteiger partial charge >= 0.3 is 0 Å². The van der Waals surface area contributed by atoms with Crippen molar-refractivity contribution in [3.8, 4) is 5.75 Å². The molecule has 2 amide bonds. The largest absolute Gasteiger partial charge is 0.491 e. The summed E-state index contributed by atoms with van der Waals surface area (Å²) in [6.07, 6.45) is 0.957. The second kappa shape index (κ2) is 12.0. The third-order valence-electron chi connectivity index (χ3n) is 6.38. The van der Waals surface area contributed by atoms with Crippen LogP contribution in [0.4, 0.5) is 5.69 Å². The number of carbonyl (C=O) groups excluding carboxylic acids is 2. The van der Waals surface area contributed by atoms with Crippen molar-refractivity contribution in [2.24, 2.45) is 5.92 Å². The maximum atomic E-state index is 13.4. The fraction of sp³-hybridized carbons (Fsp3) is 0.481. The maximum Gasteiger partial charge on any atom is 0.257 e. The summed E-state index contributed by atoms with van der Waals surface area (Å²) in [5.41, 5.74) is 1.52. The first-order valence-corrected chi connectivity index (χ1v) is 12.0. The van der Waals surface area contributed by atoms with E-state index in [1.807, 2.05) is 18.2 Å². The third kappa shape index (κ3) is 6.36. The Labute approximate surface area is 203 Å². The van der Waals surface area contributed by atoms with Gasteiger partial charge in [0.15, 0.2) is 0 Å². The number of nitrogens with one attached hydrogen (secondary N) is 1. The number of hydrogen-bond donors (Lipinski definition) is 1. The molecule has 0 spiro atoms. The molecular formula is C27H37N3O4. The number of rotatable bonds is 5. The minimum atomic E-state index is -0.229. The molecule has 3 atom stereocenters. The Bertz CT molecular complexity index is 966. The van der Waals surface area contributed by atoms with Crippen molar-refractivity contribution in [3.05, 3.63) is 59.7 Å². The molecule has 0 bridgehead atoms. The molecule has 0 radical (unpaired) electrons. The molecule has 0 saturated heterocycles. The Morgan fingerprint density at radius 3 is 2.56 bits per heavy atom. The average molecular weight is 468 g/mol. The molecule has 2 aromatic rings. The number of amides is 2. The van der Waals surface area contributed by atoms with E-state index in [0.717, 1.165) is 19.5 Å². The van der Waals surface area contributed by atoms with E-state index in [0.29, 0.717) is 35.7 Å². The van der Waals surface area contributed by atoms with Crippen molar-refractivity contribution in [2.45, 2.75) is 39.3 Å². The zero-order valence-corrected chi connectivity index (χ0v) is 20.9. The van der Waals surface area contributed by atoms with Crippen LogP contribution in [0.2, 0.25) is 0 Å². The smallest absolute Gasteiger partial charge is 0.257 e. The Morgan fingerprint density at radius 1 is 1.15 bits per heavy atom. The lowest BCUT2D eigenvalue weighted by molar-refractivity contribution is 0.0108. The first kappa shape index (κ1) is 25.7. The first-order chi connectivity index (χ1) is 16.3. The normalized spacial score (nSPS) is 22.2. The molecule has 0 unspecified atom stereocenters. The number of carbonyl (C=O) groups is 2. The minimum Gasteiger partial charge on any atom is -0.491 e. The molecule has 34 heavy (non-hydrogen) atoms. The molecule has 1 N–H and O–H groups in total. The molecule has 0 aromatic heterocycles. The van der Waals surface area contributed by atoms with Gasteiger partial charge in [0.1, 0.15) is 12.4 Å². The van der Waals surface area contributed by atoms with Gasteiger partial charge in [0.05, 0.1) is 11.7 Å².